The van der Waals surface area contributed by atoms with Crippen molar-refractivity contribution in [2.24, 2.45) is 20.5 Å². The quantitative estimate of drug-likeness (QED) is 0.307. The van der Waals surface area contributed by atoms with Crippen LogP contribution in [-0.4, -0.2) is 48.5 Å². The van der Waals surface area contributed by atoms with E-state index in [-0.39, 0.29) is 11.6 Å². The predicted octanol–water partition coefficient (Wildman–Crippen LogP) is 3.78. The first-order valence-electron chi connectivity index (χ1n) is 10.3. The zero-order valence-corrected chi connectivity index (χ0v) is 21.0. The van der Waals surface area contributed by atoms with E-state index in [1.807, 2.05) is 0 Å². The van der Waals surface area contributed by atoms with Crippen LogP contribution in [0.5, 0.6) is 0 Å². The van der Waals surface area contributed by atoms with Crippen molar-refractivity contribution in [1.29, 1.82) is 0 Å². The van der Waals surface area contributed by atoms with Crippen LogP contribution in [0.4, 0.5) is 33.3 Å². The van der Waals surface area contributed by atoms with Gasteiger partial charge in [-0.3, -0.25) is 0 Å². The van der Waals surface area contributed by atoms with E-state index < -0.39 is 0 Å². The first-order chi connectivity index (χ1) is 17.3. The maximum atomic E-state index is 6.26. The largest absolute Gasteiger partial charge is 0.382 e. The van der Waals surface area contributed by atoms with Crippen molar-refractivity contribution in [2.45, 2.75) is 27.7 Å². The van der Waals surface area contributed by atoms with Crippen molar-refractivity contribution in [3.05, 3.63) is 35.2 Å². The second-order valence-electron chi connectivity index (χ2n) is 7.36. The van der Waals surface area contributed by atoms with Crippen LogP contribution in [0.25, 0.3) is 11.6 Å². The van der Waals surface area contributed by atoms with Gasteiger partial charge in [0.05, 0.1) is 11.4 Å². The Hall–Kier alpha value is -4.58. The molecular weight excluding hydrogens is 504 g/mol. The highest BCUT2D eigenvalue weighted by atomic mass is 32.1. The van der Waals surface area contributed by atoms with Crippen LogP contribution < -0.4 is 11.5 Å². The third-order valence-electron chi connectivity index (χ3n) is 4.70. The molecule has 0 aliphatic carbocycles. The Bertz CT molecular complexity index is 1480. The average Bonchev–Trinajstić information content (AvgIpc) is 3.60. The molecule has 5 rings (SSSR count). The van der Waals surface area contributed by atoms with Gasteiger partial charge < -0.3 is 11.5 Å². The van der Waals surface area contributed by atoms with Crippen molar-refractivity contribution in [3.63, 3.8) is 0 Å². The fourth-order valence-electron chi connectivity index (χ4n) is 3.05. The summed E-state index contributed by atoms with van der Waals surface area (Å²) < 4.78 is 11.0. The number of aromatic nitrogens is 10. The summed E-state index contributed by atoms with van der Waals surface area (Å²) in [5, 5.41) is 34.7. The summed E-state index contributed by atoms with van der Waals surface area (Å²) in [6.45, 7) is 7.08. The molecule has 0 saturated carbocycles. The van der Waals surface area contributed by atoms with Crippen LogP contribution in [0.3, 0.4) is 0 Å². The van der Waals surface area contributed by atoms with E-state index in [4.69, 9.17) is 11.5 Å². The average molecular weight is 523 g/mol. The molecule has 4 N–H and O–H groups in total. The highest BCUT2D eigenvalue weighted by Gasteiger charge is 2.18. The molecule has 0 atom stereocenters. The predicted molar refractivity (Wildman–Crippen MR) is 132 cm³/mol. The normalized spacial score (nSPS) is 11.9. The molecule has 0 amide bonds. The number of hydrogen-bond acceptors (Lipinski definition) is 16. The molecule has 5 aromatic rings. The maximum absolute atomic E-state index is 6.26. The van der Waals surface area contributed by atoms with Crippen molar-refractivity contribution in [2.75, 3.05) is 11.5 Å². The van der Waals surface area contributed by atoms with Crippen LogP contribution in [0.15, 0.2) is 32.6 Å². The molecule has 16 nitrogen and oxygen atoms in total. The van der Waals surface area contributed by atoms with Gasteiger partial charge in [0, 0.05) is 23.1 Å². The standard InChI is InChI=1S/C18H18N16S2/c1-7-13(25-27-17-21-9(3)31-35-17)15(19)33(29-7)11-5-6-12(24-23-11)34-16(20)14(8(2)30-34)26-28-18-22-10(4)32-36-18/h5-6H,19-20H2,1-4H3. The van der Waals surface area contributed by atoms with Crippen LogP contribution in [0.1, 0.15) is 23.0 Å². The molecule has 18 heteroatoms. The lowest BCUT2D eigenvalue weighted by molar-refractivity contribution is 0.772. The van der Waals surface area contributed by atoms with Gasteiger partial charge in [0.25, 0.3) is 0 Å². The summed E-state index contributed by atoms with van der Waals surface area (Å²) in [6, 6.07) is 3.36. The monoisotopic (exact) mass is 522 g/mol. The van der Waals surface area contributed by atoms with Crippen molar-refractivity contribution in [3.8, 4) is 11.6 Å². The number of aryl methyl sites for hydroxylation is 4. The first kappa shape index (κ1) is 23.2. The summed E-state index contributed by atoms with van der Waals surface area (Å²) >= 11 is 2.28. The molecule has 36 heavy (non-hydrogen) atoms. The van der Waals surface area contributed by atoms with E-state index in [1.165, 1.54) is 9.36 Å². The summed E-state index contributed by atoms with van der Waals surface area (Å²) in [5.74, 6) is 2.51. The molecular formula is C18H18N16S2. The van der Waals surface area contributed by atoms with Gasteiger partial charge in [-0.05, 0) is 39.8 Å². The molecule has 0 unspecified atom stereocenters. The van der Waals surface area contributed by atoms with Crippen molar-refractivity contribution >= 4 is 56.3 Å². The van der Waals surface area contributed by atoms with Gasteiger partial charge in [-0.2, -0.15) is 28.3 Å². The Morgan fingerprint density at radius 1 is 0.667 bits per heavy atom. The highest BCUT2D eigenvalue weighted by molar-refractivity contribution is 7.09. The molecule has 5 heterocycles. The van der Waals surface area contributed by atoms with Gasteiger partial charge in [0.1, 0.15) is 11.6 Å². The lowest BCUT2D eigenvalue weighted by atomic mass is 10.4. The van der Waals surface area contributed by atoms with E-state index in [0.29, 0.717) is 56.3 Å². The minimum Gasteiger partial charge on any atom is -0.382 e. The minimum absolute atomic E-state index is 0.253. The van der Waals surface area contributed by atoms with Crippen LogP contribution >= 0.6 is 23.1 Å². The number of nitrogens with two attached hydrogens (primary N) is 2. The fraction of sp³-hybridized carbons (Fsp3) is 0.222. The first-order valence-corrected chi connectivity index (χ1v) is 11.8. The zero-order valence-electron chi connectivity index (χ0n) is 19.4. The molecule has 0 fully saturated rings. The fourth-order valence-corrected chi connectivity index (χ4v) is 4.06. The topological polar surface area (TPSA) is 214 Å². The molecule has 5 aromatic heterocycles. The SMILES string of the molecule is Cc1nsc(N=Nc2c(C)nn(-c3ccc(-n4nc(C)c(N=Nc5nc(C)ns5)c4N)nn3)c2N)n1. The number of nitrogen functional groups attached to an aromatic ring is 2. The number of hydrogen-bond donors (Lipinski definition) is 2. The van der Waals surface area contributed by atoms with Crippen LogP contribution in [0, 0.1) is 27.7 Å². The van der Waals surface area contributed by atoms with Gasteiger partial charge >= 0.3 is 0 Å². The molecule has 0 spiro atoms. The second-order valence-corrected chi connectivity index (χ2v) is 8.82. The lowest BCUT2D eigenvalue weighted by Crippen LogP contribution is -2.09. The Balaban J connectivity index is 1.40. The van der Waals surface area contributed by atoms with E-state index in [1.54, 1.807) is 39.8 Å². The molecule has 0 aromatic carbocycles. The maximum Gasteiger partial charge on any atom is 0.249 e. The second kappa shape index (κ2) is 9.23. The van der Waals surface area contributed by atoms with Gasteiger partial charge in [-0.1, -0.05) is 0 Å². The van der Waals surface area contributed by atoms with E-state index in [0.717, 1.165) is 23.1 Å². The molecule has 182 valence electrons. The minimum atomic E-state index is 0.253. The molecule has 0 saturated heterocycles. The lowest BCUT2D eigenvalue weighted by Gasteiger charge is -2.05. The summed E-state index contributed by atoms with van der Waals surface area (Å²) in [7, 11) is 0. The van der Waals surface area contributed by atoms with Crippen LogP contribution in [-0.2, 0) is 0 Å². The third kappa shape index (κ3) is 4.41. The summed E-state index contributed by atoms with van der Waals surface area (Å²) in [6.07, 6.45) is 0. The van der Waals surface area contributed by atoms with E-state index in [9.17, 15) is 0 Å². The number of nitrogens with zero attached hydrogens (tertiary/aromatic N) is 14. The number of anilines is 2. The third-order valence-corrected chi connectivity index (χ3v) is 6.09. The summed E-state index contributed by atoms with van der Waals surface area (Å²) in [5.41, 5.74) is 14.5. The highest BCUT2D eigenvalue weighted by Crippen LogP contribution is 2.32. The van der Waals surface area contributed by atoms with Gasteiger partial charge in [-0.15, -0.1) is 30.7 Å². The Morgan fingerprint density at radius 2 is 1.08 bits per heavy atom. The molecule has 0 bridgehead atoms. The molecule has 0 radical (unpaired) electrons. The summed E-state index contributed by atoms with van der Waals surface area (Å²) in [4.78, 5) is 8.30. The Labute approximate surface area is 211 Å². The van der Waals surface area contributed by atoms with Crippen molar-refractivity contribution in [1.82, 2.24) is 48.5 Å². The smallest absolute Gasteiger partial charge is 0.249 e. The van der Waals surface area contributed by atoms with Gasteiger partial charge in [0.15, 0.2) is 34.6 Å². The molecule has 0 aliphatic heterocycles. The van der Waals surface area contributed by atoms with E-state index in [2.05, 4.69) is 59.6 Å². The zero-order chi connectivity index (χ0) is 25.4. The molecule has 0 aliphatic rings. The van der Waals surface area contributed by atoms with Crippen molar-refractivity contribution < 1.29 is 0 Å². The Kier molecular flexibility index (Phi) is 5.94. The van der Waals surface area contributed by atoms with Gasteiger partial charge in [0.2, 0.25) is 10.3 Å². The van der Waals surface area contributed by atoms with E-state index >= 15 is 0 Å². The Morgan fingerprint density at radius 3 is 1.42 bits per heavy atom. The number of rotatable bonds is 6. The van der Waals surface area contributed by atoms with Crippen LogP contribution in [0.2, 0.25) is 0 Å². The number of azo groups is 2. The van der Waals surface area contributed by atoms with Gasteiger partial charge in [-0.25, -0.2) is 9.97 Å².